The van der Waals surface area contributed by atoms with E-state index in [2.05, 4.69) is 45.2 Å². The third kappa shape index (κ3) is 5.46. The number of unbranched alkanes of at least 4 members (excludes halogenated alkanes) is 1. The van der Waals surface area contributed by atoms with Gasteiger partial charge in [0.05, 0.1) is 5.69 Å². The second-order valence-electron chi connectivity index (χ2n) is 6.45. The molecule has 0 amide bonds. The van der Waals surface area contributed by atoms with E-state index in [9.17, 15) is 0 Å². The van der Waals surface area contributed by atoms with Crippen LogP contribution in [0, 0.1) is 19.8 Å². The third-order valence-electron chi connectivity index (χ3n) is 4.97. The van der Waals surface area contributed by atoms with Gasteiger partial charge in [-0.2, -0.15) is 5.10 Å². The van der Waals surface area contributed by atoms with Crippen molar-refractivity contribution >= 4 is 0 Å². The highest BCUT2D eigenvalue weighted by Gasteiger charge is 2.16. The first-order chi connectivity index (χ1) is 10.0. The van der Waals surface area contributed by atoms with E-state index in [1.807, 2.05) is 11.7 Å². The highest BCUT2D eigenvalue weighted by Crippen LogP contribution is 2.22. The maximum Gasteiger partial charge on any atom is 0.0628 e. The van der Waals surface area contributed by atoms with Crippen LogP contribution >= 0.6 is 0 Å². The molecule has 1 rings (SSSR count). The van der Waals surface area contributed by atoms with Crippen LogP contribution in [0.25, 0.3) is 0 Å². The minimum atomic E-state index is 0.630. The van der Waals surface area contributed by atoms with E-state index in [0.717, 1.165) is 12.3 Å². The quantitative estimate of drug-likeness (QED) is 0.702. The summed E-state index contributed by atoms with van der Waals surface area (Å²) < 4.78 is 2.01. The Bertz CT molecular complexity index is 409. The standard InChI is InChI=1S/C18H35N3/c1-7-9-10-16(8-2)13-17(19-5)11-12-18-14(3)20-21(6)15(18)4/h16-17,19H,7-13H2,1-6H3. The van der Waals surface area contributed by atoms with Gasteiger partial charge < -0.3 is 5.32 Å². The molecule has 0 aromatic carbocycles. The third-order valence-corrected chi connectivity index (χ3v) is 4.97. The van der Waals surface area contributed by atoms with Gasteiger partial charge in [0.2, 0.25) is 0 Å². The molecule has 1 heterocycles. The molecule has 0 saturated heterocycles. The molecule has 0 aliphatic rings. The molecule has 1 N–H and O–H groups in total. The molecular formula is C18H35N3. The predicted molar refractivity (Wildman–Crippen MR) is 91.8 cm³/mol. The highest BCUT2D eigenvalue weighted by molar-refractivity contribution is 5.24. The second kappa shape index (κ2) is 9.24. The van der Waals surface area contributed by atoms with Crippen molar-refractivity contribution in [3.63, 3.8) is 0 Å². The number of hydrogen-bond donors (Lipinski definition) is 1. The Kier molecular flexibility index (Phi) is 8.02. The average molecular weight is 293 g/mol. The fraction of sp³-hybridized carbons (Fsp3) is 0.833. The van der Waals surface area contributed by atoms with E-state index in [-0.39, 0.29) is 0 Å². The van der Waals surface area contributed by atoms with E-state index in [4.69, 9.17) is 0 Å². The molecule has 21 heavy (non-hydrogen) atoms. The summed E-state index contributed by atoms with van der Waals surface area (Å²) in [4.78, 5) is 0. The zero-order chi connectivity index (χ0) is 15.8. The summed E-state index contributed by atoms with van der Waals surface area (Å²) in [5, 5.41) is 8.06. The lowest BCUT2D eigenvalue weighted by atomic mass is 9.89. The van der Waals surface area contributed by atoms with Crippen molar-refractivity contribution in [2.45, 2.75) is 78.7 Å². The molecule has 0 fully saturated rings. The van der Waals surface area contributed by atoms with Crippen molar-refractivity contribution in [2.24, 2.45) is 13.0 Å². The summed E-state index contributed by atoms with van der Waals surface area (Å²) in [5.41, 5.74) is 3.96. The Morgan fingerprint density at radius 3 is 2.38 bits per heavy atom. The molecule has 0 aliphatic carbocycles. The fourth-order valence-electron chi connectivity index (χ4n) is 3.26. The van der Waals surface area contributed by atoms with Crippen molar-refractivity contribution in [3.05, 3.63) is 17.0 Å². The van der Waals surface area contributed by atoms with E-state index in [1.54, 1.807) is 0 Å². The van der Waals surface area contributed by atoms with Crippen LogP contribution in [-0.2, 0) is 13.5 Å². The largest absolute Gasteiger partial charge is 0.317 e. The minimum absolute atomic E-state index is 0.630. The van der Waals surface area contributed by atoms with E-state index < -0.39 is 0 Å². The van der Waals surface area contributed by atoms with Gasteiger partial charge in [-0.1, -0.05) is 39.5 Å². The van der Waals surface area contributed by atoms with Crippen LogP contribution in [0.4, 0.5) is 0 Å². The molecule has 3 nitrogen and oxygen atoms in total. The zero-order valence-electron chi connectivity index (χ0n) is 15.0. The second-order valence-corrected chi connectivity index (χ2v) is 6.45. The summed E-state index contributed by atoms with van der Waals surface area (Å²) in [7, 11) is 4.15. The van der Waals surface area contributed by atoms with Crippen LogP contribution in [0.1, 0.15) is 69.3 Å². The molecule has 0 saturated carbocycles. The maximum atomic E-state index is 4.53. The lowest BCUT2D eigenvalue weighted by molar-refractivity contribution is 0.349. The molecule has 0 radical (unpaired) electrons. The Morgan fingerprint density at radius 2 is 1.90 bits per heavy atom. The molecule has 1 aromatic rings. The summed E-state index contributed by atoms with van der Waals surface area (Å²) in [6.45, 7) is 8.94. The number of nitrogens with one attached hydrogen (secondary N) is 1. The number of nitrogens with zero attached hydrogens (tertiary/aromatic N) is 2. The number of aromatic nitrogens is 2. The summed E-state index contributed by atoms with van der Waals surface area (Å²) in [6.07, 6.45) is 9.04. The van der Waals surface area contributed by atoms with Crippen molar-refractivity contribution in [1.29, 1.82) is 0 Å². The first-order valence-electron chi connectivity index (χ1n) is 8.69. The summed E-state index contributed by atoms with van der Waals surface area (Å²) in [6, 6.07) is 0.630. The van der Waals surface area contributed by atoms with Crippen molar-refractivity contribution in [3.8, 4) is 0 Å². The molecule has 2 atom stereocenters. The Morgan fingerprint density at radius 1 is 1.19 bits per heavy atom. The number of hydrogen-bond acceptors (Lipinski definition) is 2. The predicted octanol–water partition coefficient (Wildman–Crippen LogP) is 4.16. The smallest absolute Gasteiger partial charge is 0.0628 e. The number of aryl methyl sites for hydroxylation is 2. The highest BCUT2D eigenvalue weighted by atomic mass is 15.3. The molecule has 3 heteroatoms. The minimum Gasteiger partial charge on any atom is -0.317 e. The van der Waals surface area contributed by atoms with Gasteiger partial charge in [-0.25, -0.2) is 0 Å². The normalized spacial score (nSPS) is 14.4. The molecule has 0 aliphatic heterocycles. The van der Waals surface area contributed by atoms with Gasteiger partial charge in [0.1, 0.15) is 0 Å². The van der Waals surface area contributed by atoms with Gasteiger partial charge in [0.25, 0.3) is 0 Å². The molecule has 2 unspecified atom stereocenters. The van der Waals surface area contributed by atoms with E-state index >= 15 is 0 Å². The summed E-state index contributed by atoms with van der Waals surface area (Å²) >= 11 is 0. The molecule has 1 aromatic heterocycles. The molecule has 0 bridgehead atoms. The van der Waals surface area contributed by atoms with Gasteiger partial charge >= 0.3 is 0 Å². The van der Waals surface area contributed by atoms with Gasteiger partial charge in [-0.3, -0.25) is 4.68 Å². The topological polar surface area (TPSA) is 29.9 Å². The van der Waals surface area contributed by atoms with Crippen LogP contribution in [0.3, 0.4) is 0 Å². The molecular weight excluding hydrogens is 258 g/mol. The lowest BCUT2D eigenvalue weighted by Gasteiger charge is -2.22. The maximum absolute atomic E-state index is 4.53. The van der Waals surface area contributed by atoms with Crippen LogP contribution < -0.4 is 5.32 Å². The van der Waals surface area contributed by atoms with Gasteiger partial charge in [-0.05, 0) is 51.6 Å². The van der Waals surface area contributed by atoms with Crippen LogP contribution in [-0.4, -0.2) is 22.9 Å². The van der Waals surface area contributed by atoms with Crippen molar-refractivity contribution in [1.82, 2.24) is 15.1 Å². The average Bonchev–Trinajstić information content (AvgIpc) is 2.72. The Balaban J connectivity index is 2.53. The van der Waals surface area contributed by atoms with Gasteiger partial charge in [0.15, 0.2) is 0 Å². The van der Waals surface area contributed by atoms with Crippen LogP contribution in [0.5, 0.6) is 0 Å². The summed E-state index contributed by atoms with van der Waals surface area (Å²) in [5.74, 6) is 0.874. The van der Waals surface area contributed by atoms with Gasteiger partial charge in [-0.15, -0.1) is 0 Å². The lowest BCUT2D eigenvalue weighted by Crippen LogP contribution is -2.28. The van der Waals surface area contributed by atoms with Crippen LogP contribution in [0.15, 0.2) is 0 Å². The molecule has 122 valence electrons. The first kappa shape index (κ1) is 18.2. The Hall–Kier alpha value is -0.830. The van der Waals surface area contributed by atoms with Crippen molar-refractivity contribution < 1.29 is 0 Å². The SMILES string of the molecule is CCCCC(CC)CC(CCc1c(C)nn(C)c1C)NC. The Labute approximate surface area is 131 Å². The van der Waals surface area contributed by atoms with Gasteiger partial charge in [0, 0.05) is 18.8 Å². The van der Waals surface area contributed by atoms with Crippen LogP contribution in [0.2, 0.25) is 0 Å². The fourth-order valence-corrected chi connectivity index (χ4v) is 3.26. The van der Waals surface area contributed by atoms with Crippen molar-refractivity contribution in [2.75, 3.05) is 7.05 Å². The number of rotatable bonds is 10. The van der Waals surface area contributed by atoms with E-state index in [1.165, 1.54) is 55.5 Å². The zero-order valence-corrected chi connectivity index (χ0v) is 15.0. The monoisotopic (exact) mass is 293 g/mol. The van der Waals surface area contributed by atoms with E-state index in [0.29, 0.717) is 6.04 Å². The first-order valence-corrected chi connectivity index (χ1v) is 8.69. The molecule has 0 spiro atoms.